The van der Waals surface area contributed by atoms with Crippen LogP contribution in [-0.2, 0) is 9.53 Å². The second-order valence-corrected chi connectivity index (χ2v) is 3.09. The number of hydrogen-bond donors (Lipinski definition) is 2. The molecule has 0 fully saturated rings. The van der Waals surface area contributed by atoms with E-state index in [0.29, 0.717) is 12.2 Å². The smallest absolute Gasteiger partial charge is 0.330 e. The summed E-state index contributed by atoms with van der Waals surface area (Å²) in [5.41, 5.74) is 6.74. The maximum absolute atomic E-state index is 11.1. The molecule has 0 aliphatic heterocycles. The van der Waals surface area contributed by atoms with Crippen molar-refractivity contribution >= 4 is 17.9 Å². The number of amidine groups is 1. The normalized spacial score (nSPS) is 10.3. The molecule has 0 aliphatic carbocycles. The minimum Gasteiger partial charge on any atom is -0.463 e. The molecule has 1 rings (SSSR count). The molecule has 4 heteroatoms. The number of carbonyl (C=O) groups is 1. The van der Waals surface area contributed by atoms with E-state index in [0.717, 1.165) is 5.56 Å². The number of nitrogens with one attached hydrogen (secondary N) is 1. The van der Waals surface area contributed by atoms with E-state index in [1.807, 2.05) is 6.07 Å². The summed E-state index contributed by atoms with van der Waals surface area (Å²) in [5.74, 6) is -0.426. The molecule has 84 valence electrons. The maximum atomic E-state index is 11.1. The molecule has 0 unspecified atom stereocenters. The third-order valence-corrected chi connectivity index (χ3v) is 1.94. The molecule has 0 bridgehead atoms. The highest BCUT2D eigenvalue weighted by Gasteiger charge is 2.01. The lowest BCUT2D eigenvalue weighted by molar-refractivity contribution is -0.137. The maximum Gasteiger partial charge on any atom is 0.330 e. The largest absolute Gasteiger partial charge is 0.463 e. The molecule has 0 aromatic heterocycles. The lowest BCUT2D eigenvalue weighted by atomic mass is 10.1. The second kappa shape index (κ2) is 5.70. The van der Waals surface area contributed by atoms with Gasteiger partial charge in [-0.05, 0) is 18.6 Å². The molecular formula is C12H14N2O2. The fourth-order valence-electron chi connectivity index (χ4n) is 1.24. The number of hydrogen-bond acceptors (Lipinski definition) is 3. The van der Waals surface area contributed by atoms with Crippen LogP contribution in [0, 0.1) is 5.41 Å². The lowest BCUT2D eigenvalue weighted by Crippen LogP contribution is -2.12. The van der Waals surface area contributed by atoms with Crippen molar-refractivity contribution in [2.75, 3.05) is 6.61 Å². The number of rotatable bonds is 4. The van der Waals surface area contributed by atoms with Crippen molar-refractivity contribution in [2.45, 2.75) is 6.92 Å². The quantitative estimate of drug-likeness (QED) is 0.348. The lowest BCUT2D eigenvalue weighted by Gasteiger charge is -2.02. The molecule has 0 saturated heterocycles. The molecule has 0 atom stereocenters. The topological polar surface area (TPSA) is 76.2 Å². The standard InChI is InChI=1S/C12H14N2O2/c1-2-16-11(15)8-7-9-5-3-4-6-10(9)12(13)14/h3-8H,2H2,1H3,(H3,13,14). The Morgan fingerprint density at radius 1 is 1.50 bits per heavy atom. The average Bonchev–Trinajstić information content (AvgIpc) is 2.27. The van der Waals surface area contributed by atoms with Crippen molar-refractivity contribution in [2.24, 2.45) is 5.73 Å². The van der Waals surface area contributed by atoms with Crippen LogP contribution in [-0.4, -0.2) is 18.4 Å². The first-order valence-corrected chi connectivity index (χ1v) is 4.93. The first kappa shape index (κ1) is 12.0. The van der Waals surface area contributed by atoms with Gasteiger partial charge in [0.2, 0.25) is 0 Å². The van der Waals surface area contributed by atoms with Gasteiger partial charge < -0.3 is 10.5 Å². The van der Waals surface area contributed by atoms with Crippen LogP contribution in [0.2, 0.25) is 0 Å². The Morgan fingerprint density at radius 3 is 2.81 bits per heavy atom. The van der Waals surface area contributed by atoms with Crippen LogP contribution in [0.1, 0.15) is 18.1 Å². The predicted molar refractivity (Wildman–Crippen MR) is 63.1 cm³/mol. The Labute approximate surface area is 94.2 Å². The van der Waals surface area contributed by atoms with Crippen molar-refractivity contribution in [3.8, 4) is 0 Å². The molecule has 1 aromatic carbocycles. The van der Waals surface area contributed by atoms with Gasteiger partial charge in [0.15, 0.2) is 0 Å². The van der Waals surface area contributed by atoms with Gasteiger partial charge in [0.05, 0.1) is 6.61 Å². The minimum absolute atomic E-state index is 0.0240. The Morgan fingerprint density at radius 2 is 2.19 bits per heavy atom. The number of carbonyl (C=O) groups excluding carboxylic acids is 1. The van der Waals surface area contributed by atoms with Crippen LogP contribution < -0.4 is 5.73 Å². The summed E-state index contributed by atoms with van der Waals surface area (Å²) in [4.78, 5) is 11.1. The molecule has 0 heterocycles. The number of ether oxygens (including phenoxy) is 1. The zero-order chi connectivity index (χ0) is 12.0. The predicted octanol–water partition coefficient (Wildman–Crippen LogP) is 1.55. The highest BCUT2D eigenvalue weighted by molar-refractivity contribution is 5.99. The summed E-state index contributed by atoms with van der Waals surface area (Å²) >= 11 is 0. The molecule has 0 radical (unpaired) electrons. The Hall–Kier alpha value is -2.10. The van der Waals surface area contributed by atoms with E-state index in [2.05, 4.69) is 0 Å². The van der Waals surface area contributed by atoms with Crippen LogP contribution >= 0.6 is 0 Å². The fourth-order valence-corrected chi connectivity index (χ4v) is 1.24. The van der Waals surface area contributed by atoms with Crippen molar-refractivity contribution < 1.29 is 9.53 Å². The molecule has 0 saturated carbocycles. The average molecular weight is 218 g/mol. The summed E-state index contributed by atoms with van der Waals surface area (Å²) in [7, 11) is 0. The monoisotopic (exact) mass is 218 g/mol. The summed E-state index contributed by atoms with van der Waals surface area (Å²) < 4.78 is 4.75. The van der Waals surface area contributed by atoms with Crippen molar-refractivity contribution in [1.82, 2.24) is 0 Å². The molecule has 1 aromatic rings. The fraction of sp³-hybridized carbons (Fsp3) is 0.167. The number of benzene rings is 1. The van der Waals surface area contributed by atoms with E-state index >= 15 is 0 Å². The SMILES string of the molecule is CCOC(=O)C=Cc1ccccc1C(=N)N. The summed E-state index contributed by atoms with van der Waals surface area (Å²) in [6.07, 6.45) is 2.92. The summed E-state index contributed by atoms with van der Waals surface area (Å²) in [6.45, 7) is 2.09. The zero-order valence-corrected chi connectivity index (χ0v) is 9.07. The van der Waals surface area contributed by atoms with Crippen molar-refractivity contribution in [3.63, 3.8) is 0 Å². The van der Waals surface area contributed by atoms with Gasteiger partial charge in [0.25, 0.3) is 0 Å². The molecule has 0 spiro atoms. The Balaban J connectivity index is 2.88. The Bertz CT molecular complexity index is 425. The molecule has 0 aliphatic rings. The van der Waals surface area contributed by atoms with Crippen LogP contribution in [0.25, 0.3) is 6.08 Å². The van der Waals surface area contributed by atoms with Crippen LogP contribution in [0.15, 0.2) is 30.3 Å². The van der Waals surface area contributed by atoms with E-state index in [4.69, 9.17) is 15.9 Å². The van der Waals surface area contributed by atoms with Gasteiger partial charge in [0.1, 0.15) is 5.84 Å². The van der Waals surface area contributed by atoms with E-state index in [1.165, 1.54) is 6.08 Å². The first-order chi connectivity index (χ1) is 7.65. The first-order valence-electron chi connectivity index (χ1n) is 4.93. The van der Waals surface area contributed by atoms with Gasteiger partial charge in [-0.2, -0.15) is 0 Å². The number of nitrogen functional groups attached to an aromatic ring is 1. The third-order valence-electron chi connectivity index (χ3n) is 1.94. The Kier molecular flexibility index (Phi) is 4.27. The summed E-state index contributed by atoms with van der Waals surface area (Å²) in [6, 6.07) is 7.12. The van der Waals surface area contributed by atoms with Gasteiger partial charge in [-0.25, -0.2) is 4.79 Å². The van der Waals surface area contributed by atoms with Gasteiger partial charge in [-0.1, -0.05) is 24.3 Å². The minimum atomic E-state index is -0.402. The van der Waals surface area contributed by atoms with Gasteiger partial charge >= 0.3 is 5.97 Å². The van der Waals surface area contributed by atoms with E-state index in [9.17, 15) is 4.79 Å². The zero-order valence-electron chi connectivity index (χ0n) is 9.07. The van der Waals surface area contributed by atoms with Crippen LogP contribution in [0.4, 0.5) is 0 Å². The highest BCUT2D eigenvalue weighted by Crippen LogP contribution is 2.09. The van der Waals surface area contributed by atoms with Crippen molar-refractivity contribution in [1.29, 1.82) is 5.41 Å². The molecular weight excluding hydrogens is 204 g/mol. The second-order valence-electron chi connectivity index (χ2n) is 3.09. The van der Waals surface area contributed by atoms with Crippen LogP contribution in [0.3, 0.4) is 0 Å². The molecule has 0 amide bonds. The van der Waals surface area contributed by atoms with Gasteiger partial charge in [-0.3, -0.25) is 5.41 Å². The van der Waals surface area contributed by atoms with E-state index < -0.39 is 5.97 Å². The van der Waals surface area contributed by atoms with E-state index in [-0.39, 0.29) is 5.84 Å². The van der Waals surface area contributed by atoms with Crippen molar-refractivity contribution in [3.05, 3.63) is 41.5 Å². The highest BCUT2D eigenvalue weighted by atomic mass is 16.5. The third kappa shape index (κ3) is 3.24. The summed E-state index contributed by atoms with van der Waals surface area (Å²) in [5, 5.41) is 7.37. The van der Waals surface area contributed by atoms with E-state index in [1.54, 1.807) is 31.2 Å². The number of nitrogens with two attached hydrogens (primary N) is 1. The molecule has 4 nitrogen and oxygen atoms in total. The van der Waals surface area contributed by atoms with Gasteiger partial charge in [0, 0.05) is 11.6 Å². The van der Waals surface area contributed by atoms with Crippen LogP contribution in [0.5, 0.6) is 0 Å². The molecule has 16 heavy (non-hydrogen) atoms. The molecule has 3 N–H and O–H groups in total. The van der Waals surface area contributed by atoms with Gasteiger partial charge in [-0.15, -0.1) is 0 Å². The number of esters is 1.